The normalized spacial score (nSPS) is 10.4. The summed E-state index contributed by atoms with van der Waals surface area (Å²) in [5, 5.41) is 3.56. The summed E-state index contributed by atoms with van der Waals surface area (Å²) in [6, 6.07) is 4.77. The lowest BCUT2D eigenvalue weighted by Gasteiger charge is -2.12. The average molecular weight is 371 g/mol. The largest absolute Gasteiger partial charge is 0.365 e. The van der Waals surface area contributed by atoms with Gasteiger partial charge in [0, 0.05) is 11.3 Å². The number of hydrogen-bond donors (Lipinski definition) is 2. The molecule has 0 aliphatic rings. The van der Waals surface area contributed by atoms with Crippen LogP contribution >= 0.6 is 35.0 Å². The first-order valence-electron chi connectivity index (χ1n) is 6.32. The van der Waals surface area contributed by atoms with Gasteiger partial charge in [-0.2, -0.15) is 0 Å². The Labute approximate surface area is 146 Å². The highest BCUT2D eigenvalue weighted by Crippen LogP contribution is 2.28. The van der Waals surface area contributed by atoms with Gasteiger partial charge in [0.2, 0.25) is 0 Å². The lowest BCUT2D eigenvalue weighted by molar-refractivity contribution is 0.0996. The number of nitrogens with two attached hydrogens (primary N) is 1. The number of amides is 1. The number of benzene rings is 1. The van der Waals surface area contributed by atoms with E-state index in [9.17, 15) is 9.59 Å². The van der Waals surface area contributed by atoms with Crippen molar-refractivity contribution >= 4 is 58.2 Å². The molecule has 1 aromatic heterocycles. The van der Waals surface area contributed by atoms with Gasteiger partial charge in [-0.25, -0.2) is 9.97 Å². The minimum absolute atomic E-state index is 0.0174. The number of Topliss-reactive ketones (excluding diaryl/α,β-unsaturated/α-hetero) is 1. The highest BCUT2D eigenvalue weighted by molar-refractivity contribution is 7.98. The predicted molar refractivity (Wildman–Crippen MR) is 92.1 cm³/mol. The van der Waals surface area contributed by atoms with Gasteiger partial charge in [-0.05, 0) is 31.4 Å². The van der Waals surface area contributed by atoms with Crippen molar-refractivity contribution in [2.45, 2.75) is 12.1 Å². The average Bonchev–Trinajstić information content (AvgIpc) is 2.45. The Morgan fingerprint density at radius 1 is 1.26 bits per heavy atom. The van der Waals surface area contributed by atoms with E-state index in [1.807, 2.05) is 0 Å². The Bertz CT molecular complexity index is 799. The number of nitrogens with one attached hydrogen (secondary N) is 1. The summed E-state index contributed by atoms with van der Waals surface area (Å²) in [4.78, 5) is 31.2. The Morgan fingerprint density at radius 2 is 1.96 bits per heavy atom. The number of carbonyl (C=O) groups is 2. The molecule has 0 aliphatic heterocycles. The standard InChI is InChI=1S/C14H12Cl2N4O2S/c1-6(21)8-4-3-7(5-9(8)15)18-13-10(12(17)22)11(16)19-14(20-13)23-2/h3-5H,1-2H3,(H2,17,22)(H,18,19,20). The summed E-state index contributed by atoms with van der Waals surface area (Å²) in [6.07, 6.45) is 1.78. The van der Waals surface area contributed by atoms with Gasteiger partial charge in [0.1, 0.15) is 16.5 Å². The molecule has 1 amide bonds. The maximum Gasteiger partial charge on any atom is 0.255 e. The number of anilines is 2. The minimum atomic E-state index is -0.753. The molecule has 0 saturated carbocycles. The quantitative estimate of drug-likeness (QED) is 0.361. The van der Waals surface area contributed by atoms with E-state index in [-0.39, 0.29) is 27.3 Å². The van der Waals surface area contributed by atoms with Crippen LogP contribution in [0.2, 0.25) is 10.2 Å². The van der Waals surface area contributed by atoms with Crippen molar-refractivity contribution < 1.29 is 9.59 Å². The van der Waals surface area contributed by atoms with Crippen molar-refractivity contribution in [3.63, 3.8) is 0 Å². The molecule has 3 N–H and O–H groups in total. The van der Waals surface area contributed by atoms with Gasteiger partial charge < -0.3 is 11.1 Å². The van der Waals surface area contributed by atoms with Crippen molar-refractivity contribution in [1.82, 2.24) is 9.97 Å². The van der Waals surface area contributed by atoms with Crippen molar-refractivity contribution in [2.24, 2.45) is 5.73 Å². The summed E-state index contributed by atoms with van der Waals surface area (Å²) in [6.45, 7) is 1.43. The van der Waals surface area contributed by atoms with Crippen LogP contribution in [0.3, 0.4) is 0 Å². The van der Waals surface area contributed by atoms with Crippen LogP contribution in [0.5, 0.6) is 0 Å². The SMILES string of the molecule is CSc1nc(Cl)c(C(N)=O)c(Nc2ccc(C(C)=O)c(Cl)c2)n1. The number of primary amides is 1. The van der Waals surface area contributed by atoms with Crippen molar-refractivity contribution in [1.29, 1.82) is 0 Å². The number of aromatic nitrogens is 2. The van der Waals surface area contributed by atoms with Gasteiger partial charge in [-0.1, -0.05) is 35.0 Å². The summed E-state index contributed by atoms with van der Waals surface area (Å²) in [5.74, 6) is -0.723. The number of thioether (sulfide) groups is 1. The predicted octanol–water partition coefficient (Wildman–Crippen LogP) is 3.55. The molecule has 0 bridgehead atoms. The molecule has 0 spiro atoms. The van der Waals surface area contributed by atoms with E-state index < -0.39 is 5.91 Å². The van der Waals surface area contributed by atoms with Crippen molar-refractivity contribution in [3.8, 4) is 0 Å². The van der Waals surface area contributed by atoms with Gasteiger partial charge in [-0.15, -0.1) is 0 Å². The summed E-state index contributed by atoms with van der Waals surface area (Å²) < 4.78 is 0. The molecule has 2 rings (SSSR count). The molecule has 6 nitrogen and oxygen atoms in total. The number of carbonyl (C=O) groups excluding carboxylic acids is 2. The molecule has 0 saturated heterocycles. The van der Waals surface area contributed by atoms with Crippen LogP contribution in [0.15, 0.2) is 23.4 Å². The molecule has 0 radical (unpaired) electrons. The number of hydrogen-bond acceptors (Lipinski definition) is 6. The van der Waals surface area contributed by atoms with Crippen molar-refractivity contribution in [2.75, 3.05) is 11.6 Å². The zero-order valence-electron chi connectivity index (χ0n) is 12.2. The Morgan fingerprint density at radius 3 is 2.48 bits per heavy atom. The van der Waals surface area contributed by atoms with Crippen LogP contribution < -0.4 is 11.1 Å². The lowest BCUT2D eigenvalue weighted by Crippen LogP contribution is -2.16. The highest BCUT2D eigenvalue weighted by atomic mass is 35.5. The molecular formula is C14H12Cl2N4O2S. The molecule has 0 fully saturated rings. The number of rotatable bonds is 5. The van der Waals surface area contributed by atoms with Crippen LogP contribution in [0.4, 0.5) is 11.5 Å². The highest BCUT2D eigenvalue weighted by Gasteiger charge is 2.18. The zero-order valence-corrected chi connectivity index (χ0v) is 14.5. The molecular weight excluding hydrogens is 359 g/mol. The Balaban J connectivity index is 2.47. The second kappa shape index (κ2) is 7.16. The lowest BCUT2D eigenvalue weighted by atomic mass is 10.1. The maximum atomic E-state index is 11.6. The first kappa shape index (κ1) is 17.5. The molecule has 9 heteroatoms. The monoisotopic (exact) mass is 370 g/mol. The zero-order chi connectivity index (χ0) is 17.1. The third-order valence-electron chi connectivity index (χ3n) is 2.88. The summed E-state index contributed by atoms with van der Waals surface area (Å²) in [7, 11) is 0. The van der Waals surface area contributed by atoms with Crippen LogP contribution in [-0.2, 0) is 0 Å². The van der Waals surface area contributed by atoms with Crippen LogP contribution in [-0.4, -0.2) is 27.9 Å². The van der Waals surface area contributed by atoms with Gasteiger partial charge in [-0.3, -0.25) is 9.59 Å². The molecule has 0 aliphatic carbocycles. The van der Waals surface area contributed by atoms with E-state index in [0.29, 0.717) is 16.4 Å². The van der Waals surface area contributed by atoms with Crippen LogP contribution in [0.1, 0.15) is 27.6 Å². The molecule has 23 heavy (non-hydrogen) atoms. The van der Waals surface area contributed by atoms with Crippen LogP contribution in [0.25, 0.3) is 0 Å². The van der Waals surface area contributed by atoms with E-state index in [1.165, 1.54) is 18.7 Å². The summed E-state index contributed by atoms with van der Waals surface area (Å²) in [5.41, 5.74) is 6.25. The van der Waals surface area contributed by atoms with Gasteiger partial charge in [0.25, 0.3) is 5.91 Å². The maximum absolute atomic E-state index is 11.6. The minimum Gasteiger partial charge on any atom is -0.365 e. The van der Waals surface area contributed by atoms with E-state index in [4.69, 9.17) is 28.9 Å². The van der Waals surface area contributed by atoms with E-state index in [1.54, 1.807) is 24.5 Å². The van der Waals surface area contributed by atoms with E-state index in [0.717, 1.165) is 0 Å². The smallest absolute Gasteiger partial charge is 0.255 e. The number of halogens is 2. The fourth-order valence-electron chi connectivity index (χ4n) is 1.83. The fraction of sp³-hybridized carbons (Fsp3) is 0.143. The van der Waals surface area contributed by atoms with E-state index >= 15 is 0 Å². The van der Waals surface area contributed by atoms with Crippen molar-refractivity contribution in [3.05, 3.63) is 39.5 Å². The molecule has 120 valence electrons. The van der Waals surface area contributed by atoms with E-state index in [2.05, 4.69) is 15.3 Å². The van der Waals surface area contributed by atoms with Gasteiger partial charge in [0.15, 0.2) is 10.9 Å². The molecule has 0 atom stereocenters. The molecule has 2 aromatic rings. The first-order chi connectivity index (χ1) is 10.8. The summed E-state index contributed by atoms with van der Waals surface area (Å²) >= 11 is 13.3. The fourth-order valence-corrected chi connectivity index (χ4v) is 2.82. The molecule has 1 heterocycles. The number of ketones is 1. The topological polar surface area (TPSA) is 98.0 Å². The second-order valence-corrected chi connectivity index (χ2v) is 6.00. The third-order valence-corrected chi connectivity index (χ3v) is 4.02. The van der Waals surface area contributed by atoms with Gasteiger partial charge in [0.05, 0.1) is 5.02 Å². The Kier molecular flexibility index (Phi) is 5.46. The van der Waals surface area contributed by atoms with Crippen LogP contribution in [0, 0.1) is 0 Å². The molecule has 1 aromatic carbocycles. The Hall–Kier alpha value is -1.83. The van der Waals surface area contributed by atoms with Gasteiger partial charge >= 0.3 is 0 Å². The number of nitrogens with zero attached hydrogens (tertiary/aromatic N) is 2. The first-order valence-corrected chi connectivity index (χ1v) is 8.30. The third kappa shape index (κ3) is 3.93. The second-order valence-electron chi connectivity index (χ2n) is 4.46. The molecule has 0 unspecified atom stereocenters.